The number of aromatic nitrogens is 4. The molecule has 1 N–H and O–H groups in total. The molecule has 2 heterocycles. The summed E-state index contributed by atoms with van der Waals surface area (Å²) in [5.74, 6) is 0.225. The fraction of sp³-hybridized carbons (Fsp3) is 0.167. The summed E-state index contributed by atoms with van der Waals surface area (Å²) in [7, 11) is 0. The Bertz CT molecular complexity index is 898. The number of hydrogen-bond acceptors (Lipinski definition) is 4. The van der Waals surface area contributed by atoms with Gasteiger partial charge in [-0.2, -0.15) is 4.68 Å². The van der Waals surface area contributed by atoms with Crippen molar-refractivity contribution in [3.63, 3.8) is 0 Å². The molecule has 2 aromatic carbocycles. The van der Waals surface area contributed by atoms with Crippen molar-refractivity contribution in [3.8, 4) is 0 Å². The molecule has 1 aromatic heterocycles. The van der Waals surface area contributed by atoms with Crippen LogP contribution in [0.3, 0.4) is 0 Å². The van der Waals surface area contributed by atoms with Crippen molar-refractivity contribution < 1.29 is 4.39 Å². The van der Waals surface area contributed by atoms with Gasteiger partial charge in [0.15, 0.2) is 0 Å². The predicted molar refractivity (Wildman–Crippen MR) is 89.8 cm³/mol. The quantitative estimate of drug-likeness (QED) is 0.803. The van der Waals surface area contributed by atoms with Gasteiger partial charge in [0, 0.05) is 11.3 Å². The normalized spacial score (nSPS) is 16.2. The van der Waals surface area contributed by atoms with Crippen LogP contribution in [0.4, 0.5) is 10.3 Å². The van der Waals surface area contributed by atoms with Gasteiger partial charge in [-0.05, 0) is 40.1 Å². The van der Waals surface area contributed by atoms with Gasteiger partial charge in [0.1, 0.15) is 11.9 Å². The van der Waals surface area contributed by atoms with Crippen molar-refractivity contribution in [1.29, 1.82) is 0 Å². The van der Waals surface area contributed by atoms with Crippen LogP contribution in [-0.2, 0) is 6.42 Å². The van der Waals surface area contributed by atoms with E-state index >= 15 is 0 Å². The van der Waals surface area contributed by atoms with Crippen LogP contribution in [0.25, 0.3) is 5.70 Å². The number of hydrogen-bond donors (Lipinski definition) is 1. The number of nitrogens with zero attached hydrogens (tertiary/aromatic N) is 4. The molecule has 0 saturated carbocycles. The first kappa shape index (κ1) is 14.6. The van der Waals surface area contributed by atoms with Crippen molar-refractivity contribution in [1.82, 2.24) is 20.2 Å². The Hall–Kier alpha value is -3.02. The molecule has 6 heteroatoms. The summed E-state index contributed by atoms with van der Waals surface area (Å²) in [6.07, 6.45) is 2.94. The number of anilines is 1. The van der Waals surface area contributed by atoms with Crippen molar-refractivity contribution in [2.45, 2.75) is 19.4 Å². The molecular weight excluding hydrogens is 305 g/mol. The lowest BCUT2D eigenvalue weighted by molar-refractivity contribution is 0.540. The number of rotatable bonds is 3. The molecule has 0 amide bonds. The van der Waals surface area contributed by atoms with E-state index in [1.165, 1.54) is 11.6 Å². The average Bonchev–Trinajstić information content (AvgIpc) is 3.10. The predicted octanol–water partition coefficient (Wildman–Crippen LogP) is 3.43. The van der Waals surface area contributed by atoms with Crippen molar-refractivity contribution in [2.75, 3.05) is 5.32 Å². The molecule has 3 aromatic rings. The van der Waals surface area contributed by atoms with Crippen molar-refractivity contribution >= 4 is 11.6 Å². The molecule has 1 aliphatic rings. The standard InChI is InChI=1S/C18H16FN5/c1-2-12-7-9-13(10-8-12)16-11-17(14-5-3-4-6-15(14)19)24-18(20-16)21-22-23-24/h3-11,17H,2H2,1H3,(H,20,21,23)/t17-/m0/s1. The van der Waals surface area contributed by atoms with Gasteiger partial charge in [-0.1, -0.05) is 54.5 Å². The van der Waals surface area contributed by atoms with Crippen molar-refractivity contribution in [3.05, 3.63) is 77.1 Å². The number of allylic oxidation sites excluding steroid dienone is 1. The van der Waals surface area contributed by atoms with E-state index in [9.17, 15) is 4.39 Å². The Morgan fingerprint density at radius 3 is 2.67 bits per heavy atom. The highest BCUT2D eigenvalue weighted by molar-refractivity contribution is 5.77. The maximum absolute atomic E-state index is 14.3. The molecule has 0 aliphatic carbocycles. The van der Waals surface area contributed by atoms with E-state index in [4.69, 9.17) is 0 Å². The van der Waals surface area contributed by atoms with Gasteiger partial charge < -0.3 is 5.32 Å². The van der Waals surface area contributed by atoms with Crippen LogP contribution >= 0.6 is 0 Å². The number of aryl methyl sites for hydroxylation is 1. The van der Waals surface area contributed by atoms with Crippen LogP contribution < -0.4 is 5.32 Å². The van der Waals surface area contributed by atoms with Gasteiger partial charge in [-0.15, -0.1) is 0 Å². The van der Waals surface area contributed by atoms with Crippen LogP contribution in [0, 0.1) is 5.82 Å². The Labute approximate surface area is 138 Å². The fourth-order valence-electron chi connectivity index (χ4n) is 2.88. The van der Waals surface area contributed by atoms with E-state index < -0.39 is 6.04 Å². The van der Waals surface area contributed by atoms with Crippen LogP contribution in [-0.4, -0.2) is 20.2 Å². The number of fused-ring (bicyclic) bond motifs is 1. The fourth-order valence-corrected chi connectivity index (χ4v) is 2.88. The zero-order valence-electron chi connectivity index (χ0n) is 13.1. The molecule has 0 saturated heterocycles. The molecule has 5 nitrogen and oxygen atoms in total. The summed E-state index contributed by atoms with van der Waals surface area (Å²) in [5, 5.41) is 14.9. The number of nitrogens with one attached hydrogen (secondary N) is 1. The second-order valence-corrected chi connectivity index (χ2v) is 5.67. The Kier molecular flexibility index (Phi) is 3.57. The first-order chi connectivity index (χ1) is 11.8. The first-order valence-electron chi connectivity index (χ1n) is 7.86. The third-order valence-electron chi connectivity index (χ3n) is 4.22. The molecule has 0 spiro atoms. The Morgan fingerprint density at radius 1 is 1.12 bits per heavy atom. The van der Waals surface area contributed by atoms with Gasteiger partial charge in [0.25, 0.3) is 0 Å². The molecule has 1 aliphatic heterocycles. The van der Waals surface area contributed by atoms with E-state index in [2.05, 4.69) is 52.0 Å². The molecule has 0 radical (unpaired) electrons. The molecular formula is C18H16FN5. The summed E-state index contributed by atoms with van der Waals surface area (Å²) < 4.78 is 15.9. The Balaban J connectivity index is 1.80. The summed E-state index contributed by atoms with van der Waals surface area (Å²) in [4.78, 5) is 0. The van der Waals surface area contributed by atoms with Crippen LogP contribution in [0.15, 0.2) is 54.6 Å². The van der Waals surface area contributed by atoms with Gasteiger partial charge in [0.2, 0.25) is 5.95 Å². The minimum atomic E-state index is -0.390. The molecule has 0 fully saturated rings. The average molecular weight is 321 g/mol. The van der Waals surface area contributed by atoms with Gasteiger partial charge in [0.05, 0.1) is 0 Å². The third-order valence-corrected chi connectivity index (χ3v) is 4.22. The smallest absolute Gasteiger partial charge is 0.248 e. The molecule has 24 heavy (non-hydrogen) atoms. The zero-order chi connectivity index (χ0) is 16.5. The summed E-state index contributed by atoms with van der Waals surface area (Å²) in [6, 6.07) is 14.6. The van der Waals surface area contributed by atoms with Gasteiger partial charge >= 0.3 is 0 Å². The minimum Gasteiger partial charge on any atom is -0.323 e. The first-order valence-corrected chi connectivity index (χ1v) is 7.86. The van der Waals surface area contributed by atoms with Crippen LogP contribution in [0.5, 0.6) is 0 Å². The van der Waals surface area contributed by atoms with E-state index in [-0.39, 0.29) is 5.82 Å². The van der Waals surface area contributed by atoms with Gasteiger partial charge in [-0.25, -0.2) is 4.39 Å². The van der Waals surface area contributed by atoms with E-state index in [0.717, 1.165) is 17.7 Å². The molecule has 120 valence electrons. The second-order valence-electron chi connectivity index (χ2n) is 5.67. The third kappa shape index (κ3) is 2.46. The molecule has 4 rings (SSSR count). The largest absolute Gasteiger partial charge is 0.323 e. The lowest BCUT2D eigenvalue weighted by Gasteiger charge is -2.23. The highest BCUT2D eigenvalue weighted by Gasteiger charge is 2.26. The number of halogens is 1. The van der Waals surface area contributed by atoms with Crippen LogP contribution in [0.1, 0.15) is 29.7 Å². The van der Waals surface area contributed by atoms with E-state index in [1.54, 1.807) is 16.8 Å². The summed E-state index contributed by atoms with van der Waals surface area (Å²) in [5.41, 5.74) is 3.69. The maximum Gasteiger partial charge on any atom is 0.248 e. The molecule has 0 unspecified atom stereocenters. The van der Waals surface area contributed by atoms with Crippen LogP contribution in [0.2, 0.25) is 0 Å². The molecule has 1 atom stereocenters. The van der Waals surface area contributed by atoms with Crippen molar-refractivity contribution in [2.24, 2.45) is 0 Å². The maximum atomic E-state index is 14.3. The highest BCUT2D eigenvalue weighted by Crippen LogP contribution is 2.32. The lowest BCUT2D eigenvalue weighted by atomic mass is 10.0. The lowest BCUT2D eigenvalue weighted by Crippen LogP contribution is -2.21. The SMILES string of the molecule is CCc1ccc(C2=C[C@@H](c3ccccc3F)n3nnnc3N2)cc1. The summed E-state index contributed by atoms with van der Waals surface area (Å²) in [6.45, 7) is 2.12. The van der Waals surface area contributed by atoms with E-state index in [1.807, 2.05) is 12.1 Å². The summed E-state index contributed by atoms with van der Waals surface area (Å²) >= 11 is 0. The Morgan fingerprint density at radius 2 is 1.92 bits per heavy atom. The monoisotopic (exact) mass is 321 g/mol. The topological polar surface area (TPSA) is 55.6 Å². The zero-order valence-corrected chi connectivity index (χ0v) is 13.1. The number of tetrazole rings is 1. The van der Waals surface area contributed by atoms with Gasteiger partial charge in [-0.3, -0.25) is 0 Å². The van der Waals surface area contributed by atoms with E-state index in [0.29, 0.717) is 11.5 Å². The minimum absolute atomic E-state index is 0.275. The molecule has 0 bridgehead atoms. The highest BCUT2D eigenvalue weighted by atomic mass is 19.1. The second kappa shape index (κ2) is 5.88. The number of benzene rings is 2.